The molecule has 2 amide bonds. The first-order chi connectivity index (χ1) is 12.0. The molecule has 2 aliphatic rings. The maximum atomic E-state index is 12.9. The molecule has 1 aromatic carbocycles. The predicted molar refractivity (Wildman–Crippen MR) is 100 cm³/mol. The highest BCUT2D eigenvalue weighted by Crippen LogP contribution is 2.22. The molecule has 1 saturated heterocycles. The van der Waals surface area contributed by atoms with E-state index in [9.17, 15) is 9.59 Å². The minimum absolute atomic E-state index is 0.0797. The molecule has 3 rings (SSSR count). The molecule has 0 aromatic heterocycles. The van der Waals surface area contributed by atoms with Crippen molar-refractivity contribution in [2.45, 2.75) is 44.7 Å². The second kappa shape index (κ2) is 7.41. The number of quaternary nitrogens is 1. The Morgan fingerprint density at radius 2 is 1.92 bits per heavy atom. The molecular weight excluding hydrogens is 336 g/mol. The number of aliphatic imine (C=N–C) groups is 1. The molecule has 2 fully saturated rings. The molecule has 6 nitrogen and oxygen atoms in total. The summed E-state index contributed by atoms with van der Waals surface area (Å²) >= 11 is 5.20. The van der Waals surface area contributed by atoms with E-state index in [2.05, 4.69) is 16.0 Å². The number of benzene rings is 1. The second-order valence-corrected chi connectivity index (χ2v) is 7.08. The average molecular weight is 359 g/mol. The van der Waals surface area contributed by atoms with Crippen molar-refractivity contribution in [3.63, 3.8) is 0 Å². The van der Waals surface area contributed by atoms with Crippen LogP contribution in [0.4, 0.5) is 5.69 Å². The number of aryl methyl sites for hydroxylation is 1. The van der Waals surface area contributed by atoms with Gasteiger partial charge in [-0.05, 0) is 44.1 Å². The number of nitrogens with one attached hydrogen (secondary N) is 1. The van der Waals surface area contributed by atoms with E-state index in [1.54, 1.807) is 0 Å². The molecule has 1 aliphatic heterocycles. The molecule has 1 heterocycles. The fourth-order valence-electron chi connectivity index (χ4n) is 3.24. The summed E-state index contributed by atoms with van der Waals surface area (Å²) in [6.45, 7) is 1.97. The lowest BCUT2D eigenvalue weighted by Gasteiger charge is -2.31. The van der Waals surface area contributed by atoms with Crippen LogP contribution in [0, 0.1) is 12.8 Å². The SMILES string of the molecule is Cc1ccc(N2C(=O)[C@H](C=N[C@@H]3CCCC[C@H]3[NH3+])C(=O)NC2=S)cc1. The minimum atomic E-state index is -0.956. The van der Waals surface area contributed by atoms with Crippen LogP contribution < -0.4 is 16.0 Å². The van der Waals surface area contributed by atoms with Gasteiger partial charge in [-0.25, -0.2) is 0 Å². The number of carbonyl (C=O) groups is 2. The van der Waals surface area contributed by atoms with Gasteiger partial charge in [-0.2, -0.15) is 0 Å². The Hall–Kier alpha value is -2.12. The average Bonchev–Trinajstić information content (AvgIpc) is 2.57. The summed E-state index contributed by atoms with van der Waals surface area (Å²) in [5.74, 6) is -1.74. The molecular formula is C18H23N4O2S+. The van der Waals surface area contributed by atoms with E-state index in [0.29, 0.717) is 5.69 Å². The summed E-state index contributed by atoms with van der Waals surface area (Å²) in [5.41, 5.74) is 5.86. The van der Waals surface area contributed by atoms with E-state index in [1.807, 2.05) is 31.2 Å². The molecule has 0 radical (unpaired) electrons. The van der Waals surface area contributed by atoms with Crippen LogP contribution in [-0.4, -0.2) is 35.2 Å². The molecule has 132 valence electrons. The van der Waals surface area contributed by atoms with Crippen LogP contribution in [0.5, 0.6) is 0 Å². The number of thiocarbonyl (C=S) groups is 1. The topological polar surface area (TPSA) is 89.4 Å². The first-order valence-corrected chi connectivity index (χ1v) is 9.00. The van der Waals surface area contributed by atoms with Gasteiger partial charge in [-0.15, -0.1) is 0 Å². The van der Waals surface area contributed by atoms with Crippen molar-refractivity contribution in [3.8, 4) is 0 Å². The highest BCUT2D eigenvalue weighted by molar-refractivity contribution is 7.80. The van der Waals surface area contributed by atoms with Crippen LogP contribution in [-0.2, 0) is 9.59 Å². The summed E-state index contributed by atoms with van der Waals surface area (Å²) in [5, 5.41) is 2.72. The molecule has 25 heavy (non-hydrogen) atoms. The highest BCUT2D eigenvalue weighted by Gasteiger charge is 2.38. The van der Waals surface area contributed by atoms with Gasteiger partial charge in [0.05, 0.1) is 5.69 Å². The fourth-order valence-corrected chi connectivity index (χ4v) is 3.54. The van der Waals surface area contributed by atoms with Gasteiger partial charge in [0.2, 0.25) is 5.91 Å². The van der Waals surface area contributed by atoms with E-state index in [-0.39, 0.29) is 23.1 Å². The number of anilines is 1. The van der Waals surface area contributed by atoms with Crippen LogP contribution in [0.15, 0.2) is 29.3 Å². The van der Waals surface area contributed by atoms with Gasteiger partial charge in [0.25, 0.3) is 5.91 Å². The highest BCUT2D eigenvalue weighted by atomic mass is 32.1. The van der Waals surface area contributed by atoms with Gasteiger partial charge in [0, 0.05) is 12.6 Å². The van der Waals surface area contributed by atoms with E-state index in [4.69, 9.17) is 12.2 Å². The first kappa shape index (κ1) is 17.7. The molecule has 1 aliphatic carbocycles. The van der Waals surface area contributed by atoms with E-state index >= 15 is 0 Å². The van der Waals surface area contributed by atoms with Crippen LogP contribution >= 0.6 is 12.2 Å². The third-order valence-electron chi connectivity index (χ3n) is 4.79. The minimum Gasteiger partial charge on any atom is -0.353 e. The molecule has 0 bridgehead atoms. The summed E-state index contributed by atoms with van der Waals surface area (Å²) in [4.78, 5) is 31.0. The standard InChI is InChI=1S/C18H22N4O2S/c1-11-6-8-12(9-7-11)22-17(24)13(16(23)21-18(22)25)10-20-15-5-3-2-4-14(15)19/h6-10,13-15H,2-5,19H2,1H3,(H,21,23,25)/p+1/t13-,14-,15-/m1/s1. The predicted octanol–water partition coefficient (Wildman–Crippen LogP) is 0.983. The Morgan fingerprint density at radius 3 is 2.60 bits per heavy atom. The number of amides is 2. The Labute approximate surface area is 152 Å². The van der Waals surface area contributed by atoms with Gasteiger partial charge in [-0.3, -0.25) is 19.5 Å². The molecule has 1 aromatic rings. The lowest BCUT2D eigenvalue weighted by atomic mass is 9.91. The summed E-state index contributed by atoms with van der Waals surface area (Å²) in [6, 6.07) is 7.76. The van der Waals surface area contributed by atoms with Gasteiger partial charge in [0.15, 0.2) is 11.0 Å². The summed E-state index contributed by atoms with van der Waals surface area (Å²) in [6.07, 6.45) is 5.74. The summed E-state index contributed by atoms with van der Waals surface area (Å²) < 4.78 is 0. The number of rotatable bonds is 3. The molecule has 7 heteroatoms. The van der Waals surface area contributed by atoms with Crippen molar-refractivity contribution in [3.05, 3.63) is 29.8 Å². The zero-order valence-electron chi connectivity index (χ0n) is 14.3. The van der Waals surface area contributed by atoms with E-state index in [0.717, 1.165) is 24.8 Å². The van der Waals surface area contributed by atoms with Crippen molar-refractivity contribution in [1.82, 2.24) is 5.32 Å². The molecule has 3 atom stereocenters. The molecule has 4 N–H and O–H groups in total. The monoisotopic (exact) mass is 359 g/mol. The van der Waals surface area contributed by atoms with Gasteiger partial charge in [-0.1, -0.05) is 24.1 Å². The third kappa shape index (κ3) is 3.77. The quantitative estimate of drug-likeness (QED) is 0.479. The maximum Gasteiger partial charge on any atom is 0.251 e. The number of carbonyl (C=O) groups excluding carboxylic acids is 2. The van der Waals surface area contributed by atoms with Gasteiger partial charge >= 0.3 is 0 Å². The summed E-state index contributed by atoms with van der Waals surface area (Å²) in [7, 11) is 0. The van der Waals surface area contributed by atoms with Crippen LogP contribution in [0.1, 0.15) is 31.2 Å². The van der Waals surface area contributed by atoms with E-state index in [1.165, 1.54) is 17.5 Å². The lowest BCUT2D eigenvalue weighted by molar-refractivity contribution is -0.428. The number of nitrogens with zero attached hydrogens (tertiary/aromatic N) is 2. The zero-order chi connectivity index (χ0) is 18.0. The fraction of sp³-hybridized carbons (Fsp3) is 0.444. The maximum absolute atomic E-state index is 12.9. The number of hydrogen-bond acceptors (Lipinski definition) is 4. The molecule has 0 spiro atoms. The van der Waals surface area contributed by atoms with Crippen molar-refractivity contribution < 1.29 is 15.3 Å². The van der Waals surface area contributed by atoms with Crippen LogP contribution in [0.3, 0.4) is 0 Å². The zero-order valence-corrected chi connectivity index (χ0v) is 15.1. The Kier molecular flexibility index (Phi) is 5.24. The smallest absolute Gasteiger partial charge is 0.251 e. The van der Waals surface area contributed by atoms with Crippen LogP contribution in [0.2, 0.25) is 0 Å². The number of hydrogen-bond donors (Lipinski definition) is 2. The van der Waals surface area contributed by atoms with E-state index < -0.39 is 11.8 Å². The van der Waals surface area contributed by atoms with Gasteiger partial charge in [0.1, 0.15) is 12.1 Å². The lowest BCUT2D eigenvalue weighted by Crippen LogP contribution is -2.66. The normalized spacial score (nSPS) is 27.7. The first-order valence-electron chi connectivity index (χ1n) is 8.59. The Balaban J connectivity index is 1.81. The van der Waals surface area contributed by atoms with Crippen molar-refractivity contribution in [2.75, 3.05) is 4.90 Å². The second-order valence-electron chi connectivity index (χ2n) is 6.69. The molecule has 0 unspecified atom stereocenters. The largest absolute Gasteiger partial charge is 0.353 e. The Morgan fingerprint density at radius 1 is 1.24 bits per heavy atom. The third-order valence-corrected chi connectivity index (χ3v) is 5.07. The van der Waals surface area contributed by atoms with Crippen molar-refractivity contribution >= 4 is 41.0 Å². The van der Waals surface area contributed by atoms with Crippen LogP contribution in [0.25, 0.3) is 0 Å². The van der Waals surface area contributed by atoms with Crippen molar-refractivity contribution in [2.24, 2.45) is 10.9 Å². The van der Waals surface area contributed by atoms with Crippen molar-refractivity contribution in [1.29, 1.82) is 0 Å². The Bertz CT molecular complexity index is 716. The van der Waals surface area contributed by atoms with Gasteiger partial charge < -0.3 is 11.1 Å². The molecule has 1 saturated carbocycles.